The summed E-state index contributed by atoms with van der Waals surface area (Å²) in [6.45, 7) is 0. The number of nitrogens with zero attached hydrogens (tertiary/aromatic N) is 2. The highest BCUT2D eigenvalue weighted by Crippen LogP contribution is 1.81. The first kappa shape index (κ1) is 16.2. The number of halogens is 2. The van der Waals surface area contributed by atoms with Gasteiger partial charge in [0.25, 0.3) is 0 Å². The monoisotopic (exact) mass is 185 g/mol. The van der Waals surface area contributed by atoms with Gasteiger partial charge in [-0.05, 0) is 6.07 Å². The average Bonchev–Trinajstić information content (AvgIpc) is 1.69. The number of hydrogen-bond acceptors (Lipinski definition) is 3. The summed E-state index contributed by atoms with van der Waals surface area (Å²) < 4.78 is 0. The summed E-state index contributed by atoms with van der Waals surface area (Å²) in [7, 11) is 0. The maximum absolute atomic E-state index is 5.14. The van der Waals surface area contributed by atoms with Gasteiger partial charge in [0.2, 0.25) is 5.95 Å². The van der Waals surface area contributed by atoms with E-state index in [1.54, 1.807) is 18.5 Å². The third-order valence-electron chi connectivity index (χ3n) is 0.586. The highest BCUT2D eigenvalue weighted by atomic mass is 35.5. The molecule has 0 atom stereocenters. The molecule has 6 heteroatoms. The number of rotatable bonds is 0. The number of hydrogen-bond donors (Lipinski definition) is 1. The van der Waals surface area contributed by atoms with Crippen LogP contribution >= 0.6 is 24.8 Å². The molecule has 10 heavy (non-hydrogen) atoms. The van der Waals surface area contributed by atoms with E-state index in [0.29, 0.717) is 5.95 Å². The van der Waals surface area contributed by atoms with Gasteiger partial charge in [0, 0.05) is 12.4 Å². The van der Waals surface area contributed by atoms with Crippen LogP contribution in [0, 0.1) is 0 Å². The van der Waals surface area contributed by atoms with Crippen LogP contribution in [0.2, 0.25) is 0 Å². The van der Waals surface area contributed by atoms with Crippen molar-refractivity contribution in [3.8, 4) is 0 Å². The summed E-state index contributed by atoms with van der Waals surface area (Å²) in [6.07, 6.45) is 3.20. The van der Waals surface area contributed by atoms with Crippen molar-refractivity contribution in [3.05, 3.63) is 18.5 Å². The minimum atomic E-state index is 0. The second-order valence-electron chi connectivity index (χ2n) is 1.11. The normalized spacial score (nSPS) is 6.00. The van der Waals surface area contributed by atoms with E-state index in [1.165, 1.54) is 0 Å². The quantitative estimate of drug-likeness (QED) is 0.622. The Morgan fingerprint density at radius 3 is 1.70 bits per heavy atom. The molecule has 4 nitrogen and oxygen atoms in total. The molecule has 60 valence electrons. The van der Waals surface area contributed by atoms with Crippen molar-refractivity contribution in [2.75, 3.05) is 5.73 Å². The molecule has 1 rings (SSSR count). The van der Waals surface area contributed by atoms with E-state index in [9.17, 15) is 0 Å². The maximum Gasteiger partial charge on any atom is 0.219 e. The van der Waals surface area contributed by atoms with Crippen molar-refractivity contribution in [1.82, 2.24) is 9.97 Å². The molecule has 0 spiro atoms. The van der Waals surface area contributed by atoms with Gasteiger partial charge in [-0.1, -0.05) is 0 Å². The molecule has 1 heterocycles. The van der Waals surface area contributed by atoms with Crippen LogP contribution in [-0.4, -0.2) is 15.4 Å². The summed E-state index contributed by atoms with van der Waals surface area (Å²) in [5.74, 6) is 0.322. The van der Waals surface area contributed by atoms with Crippen LogP contribution in [0.3, 0.4) is 0 Å². The maximum atomic E-state index is 5.14. The van der Waals surface area contributed by atoms with Gasteiger partial charge in [-0.3, -0.25) is 0 Å². The molecule has 0 bridgehead atoms. The smallest absolute Gasteiger partial charge is 0.219 e. The zero-order valence-corrected chi connectivity index (χ0v) is 6.65. The van der Waals surface area contributed by atoms with Crippen LogP contribution in [0.1, 0.15) is 0 Å². The minimum absolute atomic E-state index is 0. The summed E-state index contributed by atoms with van der Waals surface area (Å²) in [5, 5.41) is 0. The first-order valence-electron chi connectivity index (χ1n) is 1.92. The second kappa shape index (κ2) is 8.42. The Bertz CT molecular complexity index is 148. The molecule has 0 aromatic carbocycles. The molecule has 0 aliphatic rings. The lowest BCUT2D eigenvalue weighted by atomic mass is 10.7. The average molecular weight is 186 g/mol. The molecule has 0 fully saturated rings. The van der Waals surface area contributed by atoms with E-state index in [4.69, 9.17) is 5.73 Å². The topological polar surface area (TPSA) is 83.3 Å². The Kier molecular flexibility index (Phi) is 13.6. The van der Waals surface area contributed by atoms with Gasteiger partial charge >= 0.3 is 0 Å². The van der Waals surface area contributed by atoms with Crippen LogP contribution in [0.25, 0.3) is 0 Å². The molecule has 0 amide bonds. The van der Waals surface area contributed by atoms with Crippen molar-refractivity contribution in [1.29, 1.82) is 0 Å². The zero-order valence-electron chi connectivity index (χ0n) is 5.02. The lowest BCUT2D eigenvalue weighted by Gasteiger charge is -1.82. The number of nitrogens with two attached hydrogens (primary N) is 1. The summed E-state index contributed by atoms with van der Waals surface area (Å²) in [4.78, 5) is 7.29. The third-order valence-corrected chi connectivity index (χ3v) is 0.586. The largest absolute Gasteiger partial charge is 0.412 e. The standard InChI is InChI=1S/C4H5N3.2ClH.H2O/c5-4-6-2-1-3-7-4;;;/h1-3H,(H2,5,6,7);2*1H;1H2. The molecule has 4 N–H and O–H groups in total. The van der Waals surface area contributed by atoms with E-state index < -0.39 is 0 Å². The molecule has 1 aromatic heterocycles. The summed E-state index contributed by atoms with van der Waals surface area (Å²) >= 11 is 0. The Labute approximate surface area is 71.0 Å². The van der Waals surface area contributed by atoms with Crippen LogP contribution < -0.4 is 5.73 Å². The SMILES string of the molecule is Cl.Cl.Nc1ncccn1.O. The van der Waals surface area contributed by atoms with Crippen molar-refractivity contribution in [3.63, 3.8) is 0 Å². The predicted molar refractivity (Wildman–Crippen MR) is 44.6 cm³/mol. The van der Waals surface area contributed by atoms with Gasteiger partial charge in [-0.2, -0.15) is 0 Å². The van der Waals surface area contributed by atoms with E-state index in [-0.39, 0.29) is 30.3 Å². The van der Waals surface area contributed by atoms with Crippen molar-refractivity contribution < 1.29 is 5.48 Å². The van der Waals surface area contributed by atoms with Gasteiger partial charge in [-0.25, -0.2) is 9.97 Å². The van der Waals surface area contributed by atoms with Crippen LogP contribution in [0.5, 0.6) is 0 Å². The summed E-state index contributed by atoms with van der Waals surface area (Å²) in [6, 6.07) is 1.72. The summed E-state index contributed by atoms with van der Waals surface area (Å²) in [5.41, 5.74) is 5.14. The Hall–Kier alpha value is -0.580. The van der Waals surface area contributed by atoms with Crippen molar-refractivity contribution >= 4 is 30.8 Å². The Morgan fingerprint density at radius 2 is 1.50 bits per heavy atom. The van der Waals surface area contributed by atoms with Gasteiger partial charge in [-0.15, -0.1) is 24.8 Å². The van der Waals surface area contributed by atoms with E-state index in [0.717, 1.165) is 0 Å². The molecule has 0 aliphatic heterocycles. The van der Waals surface area contributed by atoms with Crippen molar-refractivity contribution in [2.24, 2.45) is 0 Å². The first-order chi connectivity index (χ1) is 3.39. The fraction of sp³-hybridized carbons (Fsp3) is 0. The number of aromatic nitrogens is 2. The molecule has 0 aliphatic carbocycles. The fourth-order valence-electron chi connectivity index (χ4n) is 0.311. The predicted octanol–water partition coefficient (Wildman–Crippen LogP) is 0.0777. The van der Waals surface area contributed by atoms with Crippen LogP contribution in [-0.2, 0) is 0 Å². The van der Waals surface area contributed by atoms with E-state index >= 15 is 0 Å². The molecular formula is C4H9Cl2N3O. The minimum Gasteiger partial charge on any atom is -0.412 e. The lowest BCUT2D eigenvalue weighted by molar-refractivity contribution is 0.824. The highest BCUT2D eigenvalue weighted by Gasteiger charge is 1.75. The number of nitrogen functional groups attached to an aromatic ring is 1. The first-order valence-corrected chi connectivity index (χ1v) is 1.92. The van der Waals surface area contributed by atoms with E-state index in [1.807, 2.05) is 0 Å². The molecule has 0 radical (unpaired) electrons. The fourth-order valence-corrected chi connectivity index (χ4v) is 0.311. The van der Waals surface area contributed by atoms with E-state index in [2.05, 4.69) is 9.97 Å². The molecule has 0 unspecified atom stereocenters. The highest BCUT2D eigenvalue weighted by molar-refractivity contribution is 5.85. The molecule has 0 saturated heterocycles. The van der Waals surface area contributed by atoms with Gasteiger partial charge in [0.1, 0.15) is 0 Å². The lowest BCUT2D eigenvalue weighted by Crippen LogP contribution is -1.90. The Balaban J connectivity index is -0.000000163. The molecule has 0 saturated carbocycles. The number of anilines is 1. The third kappa shape index (κ3) is 5.55. The molecular weight excluding hydrogens is 177 g/mol. The van der Waals surface area contributed by atoms with Crippen molar-refractivity contribution in [2.45, 2.75) is 0 Å². The zero-order chi connectivity index (χ0) is 5.11. The Morgan fingerprint density at radius 1 is 1.10 bits per heavy atom. The van der Waals surface area contributed by atoms with Gasteiger partial charge < -0.3 is 11.2 Å². The van der Waals surface area contributed by atoms with Crippen LogP contribution in [0.4, 0.5) is 5.95 Å². The molecule has 1 aromatic rings. The second-order valence-corrected chi connectivity index (χ2v) is 1.11. The van der Waals surface area contributed by atoms with Gasteiger partial charge in [0.05, 0.1) is 0 Å². The van der Waals surface area contributed by atoms with Crippen LogP contribution in [0.15, 0.2) is 18.5 Å². The van der Waals surface area contributed by atoms with Gasteiger partial charge in [0.15, 0.2) is 0 Å².